The van der Waals surface area contributed by atoms with Crippen molar-refractivity contribution in [3.05, 3.63) is 35.4 Å². The van der Waals surface area contributed by atoms with E-state index >= 15 is 0 Å². The van der Waals surface area contributed by atoms with Crippen molar-refractivity contribution in [2.75, 3.05) is 19.8 Å². The number of ether oxygens (including phenoxy) is 2. The normalized spacial score (nSPS) is 18.8. The Bertz CT molecular complexity index is 353. The first-order valence-corrected chi connectivity index (χ1v) is 6.24. The molecule has 3 heteroatoms. The first kappa shape index (κ1) is 12.6. The predicted molar refractivity (Wildman–Crippen MR) is 67.6 cm³/mol. The molecule has 0 amide bonds. The van der Waals surface area contributed by atoms with Crippen LogP contribution in [-0.4, -0.2) is 19.8 Å². The lowest BCUT2D eigenvalue weighted by Crippen LogP contribution is -2.36. The molecule has 0 spiro atoms. The SMILES string of the molecule is CC(C)Cc1ccc(C2(CN)OCCO2)cc1. The average Bonchev–Trinajstić information content (AvgIpc) is 2.79. The fraction of sp³-hybridized carbons (Fsp3) is 0.571. The molecule has 3 nitrogen and oxygen atoms in total. The molecule has 17 heavy (non-hydrogen) atoms. The first-order chi connectivity index (χ1) is 8.16. The molecule has 0 aliphatic carbocycles. The summed E-state index contributed by atoms with van der Waals surface area (Å²) in [6.07, 6.45) is 1.09. The summed E-state index contributed by atoms with van der Waals surface area (Å²) in [7, 11) is 0. The van der Waals surface area contributed by atoms with Crippen LogP contribution in [0, 0.1) is 5.92 Å². The molecule has 1 aromatic carbocycles. The molecule has 1 saturated heterocycles. The molecule has 0 unspecified atom stereocenters. The number of rotatable bonds is 4. The number of nitrogens with two attached hydrogens (primary N) is 1. The Kier molecular flexibility index (Phi) is 3.82. The summed E-state index contributed by atoms with van der Waals surface area (Å²) < 4.78 is 11.3. The van der Waals surface area contributed by atoms with Gasteiger partial charge < -0.3 is 15.2 Å². The highest BCUT2D eigenvalue weighted by molar-refractivity contribution is 5.27. The van der Waals surface area contributed by atoms with Crippen LogP contribution >= 0.6 is 0 Å². The van der Waals surface area contributed by atoms with Crippen molar-refractivity contribution in [1.29, 1.82) is 0 Å². The minimum Gasteiger partial charge on any atom is -0.342 e. The summed E-state index contributed by atoms with van der Waals surface area (Å²) in [5, 5.41) is 0. The molecule has 0 bridgehead atoms. The average molecular weight is 235 g/mol. The van der Waals surface area contributed by atoms with E-state index in [0.29, 0.717) is 25.7 Å². The minimum atomic E-state index is -0.712. The molecule has 1 heterocycles. The predicted octanol–water partition coefficient (Wildman–Crippen LogP) is 2.04. The van der Waals surface area contributed by atoms with Crippen LogP contribution in [0.1, 0.15) is 25.0 Å². The lowest BCUT2D eigenvalue weighted by molar-refractivity contribution is -0.156. The molecule has 0 atom stereocenters. The fourth-order valence-corrected chi connectivity index (χ4v) is 2.22. The van der Waals surface area contributed by atoms with Crippen LogP contribution in [0.15, 0.2) is 24.3 Å². The van der Waals surface area contributed by atoms with Gasteiger partial charge in [-0.3, -0.25) is 0 Å². The van der Waals surface area contributed by atoms with E-state index in [-0.39, 0.29) is 0 Å². The second-order valence-electron chi connectivity index (χ2n) is 4.95. The van der Waals surface area contributed by atoms with E-state index in [1.54, 1.807) is 0 Å². The zero-order valence-corrected chi connectivity index (χ0v) is 10.6. The third kappa shape index (κ3) is 2.68. The molecule has 1 fully saturated rings. The first-order valence-electron chi connectivity index (χ1n) is 6.24. The number of benzene rings is 1. The lowest BCUT2D eigenvalue weighted by Gasteiger charge is -2.26. The minimum absolute atomic E-state index is 0.358. The second-order valence-corrected chi connectivity index (χ2v) is 4.95. The van der Waals surface area contributed by atoms with Crippen LogP contribution in [0.3, 0.4) is 0 Å². The van der Waals surface area contributed by atoms with Gasteiger partial charge >= 0.3 is 0 Å². The second kappa shape index (κ2) is 5.17. The summed E-state index contributed by atoms with van der Waals surface area (Å²) in [5.74, 6) is -0.0422. The number of hydrogen-bond acceptors (Lipinski definition) is 3. The van der Waals surface area contributed by atoms with Crippen LogP contribution in [0.2, 0.25) is 0 Å². The van der Waals surface area contributed by atoms with E-state index in [2.05, 4.69) is 38.1 Å². The van der Waals surface area contributed by atoms with E-state index in [1.165, 1.54) is 5.56 Å². The lowest BCUT2D eigenvalue weighted by atomic mass is 9.99. The summed E-state index contributed by atoms with van der Waals surface area (Å²) in [5.41, 5.74) is 8.13. The van der Waals surface area contributed by atoms with Crippen molar-refractivity contribution < 1.29 is 9.47 Å². The molecule has 2 rings (SSSR count). The van der Waals surface area contributed by atoms with Gasteiger partial charge in [0.05, 0.1) is 19.8 Å². The van der Waals surface area contributed by atoms with E-state index < -0.39 is 5.79 Å². The van der Waals surface area contributed by atoms with Crippen LogP contribution < -0.4 is 5.73 Å². The Morgan fingerprint density at radius 2 is 1.76 bits per heavy atom. The number of hydrogen-bond donors (Lipinski definition) is 1. The van der Waals surface area contributed by atoms with Gasteiger partial charge in [-0.2, -0.15) is 0 Å². The van der Waals surface area contributed by atoms with Crippen molar-refractivity contribution in [1.82, 2.24) is 0 Å². The van der Waals surface area contributed by atoms with Crippen LogP contribution in [0.4, 0.5) is 0 Å². The summed E-state index contributed by atoms with van der Waals surface area (Å²) in [4.78, 5) is 0. The van der Waals surface area contributed by atoms with Crippen molar-refractivity contribution in [3.8, 4) is 0 Å². The van der Waals surface area contributed by atoms with Gasteiger partial charge in [0.2, 0.25) is 5.79 Å². The summed E-state index contributed by atoms with van der Waals surface area (Å²) in [6.45, 7) is 6.03. The Morgan fingerprint density at radius 3 is 2.24 bits per heavy atom. The van der Waals surface area contributed by atoms with Crippen molar-refractivity contribution in [2.45, 2.75) is 26.1 Å². The molecular weight excluding hydrogens is 214 g/mol. The molecule has 0 aromatic heterocycles. The van der Waals surface area contributed by atoms with Crippen molar-refractivity contribution in [2.24, 2.45) is 11.7 Å². The topological polar surface area (TPSA) is 44.5 Å². The highest BCUT2D eigenvalue weighted by Gasteiger charge is 2.36. The zero-order chi connectivity index (χ0) is 12.3. The zero-order valence-electron chi connectivity index (χ0n) is 10.6. The molecule has 0 saturated carbocycles. The van der Waals surface area contributed by atoms with E-state index in [1.807, 2.05) is 0 Å². The fourth-order valence-electron chi connectivity index (χ4n) is 2.22. The van der Waals surface area contributed by atoms with Gasteiger partial charge in [0.1, 0.15) is 0 Å². The van der Waals surface area contributed by atoms with E-state index in [0.717, 1.165) is 12.0 Å². The summed E-state index contributed by atoms with van der Waals surface area (Å²) >= 11 is 0. The Balaban J connectivity index is 2.16. The smallest absolute Gasteiger partial charge is 0.207 e. The maximum absolute atomic E-state index is 5.77. The van der Waals surface area contributed by atoms with Gasteiger partial charge in [0.25, 0.3) is 0 Å². The van der Waals surface area contributed by atoms with Crippen molar-refractivity contribution >= 4 is 0 Å². The van der Waals surface area contributed by atoms with Gasteiger partial charge in [-0.25, -0.2) is 0 Å². The third-order valence-electron chi connectivity index (χ3n) is 3.06. The summed E-state index contributed by atoms with van der Waals surface area (Å²) in [6, 6.07) is 8.40. The van der Waals surface area contributed by atoms with Crippen LogP contribution in [-0.2, 0) is 21.7 Å². The highest BCUT2D eigenvalue weighted by atomic mass is 16.7. The van der Waals surface area contributed by atoms with E-state index in [4.69, 9.17) is 15.2 Å². The monoisotopic (exact) mass is 235 g/mol. The molecule has 2 N–H and O–H groups in total. The maximum Gasteiger partial charge on any atom is 0.207 e. The molecular formula is C14H21NO2. The quantitative estimate of drug-likeness (QED) is 0.868. The van der Waals surface area contributed by atoms with Gasteiger partial charge in [0.15, 0.2) is 0 Å². The van der Waals surface area contributed by atoms with Gasteiger partial charge in [-0.05, 0) is 17.9 Å². The Hall–Kier alpha value is -0.900. The molecule has 1 aliphatic rings. The van der Waals surface area contributed by atoms with Gasteiger partial charge in [-0.15, -0.1) is 0 Å². The molecule has 0 radical (unpaired) electrons. The van der Waals surface area contributed by atoms with Crippen LogP contribution in [0.5, 0.6) is 0 Å². The Labute approximate surface area is 103 Å². The van der Waals surface area contributed by atoms with Crippen LogP contribution in [0.25, 0.3) is 0 Å². The largest absolute Gasteiger partial charge is 0.342 e. The van der Waals surface area contributed by atoms with Gasteiger partial charge in [0, 0.05) is 5.56 Å². The maximum atomic E-state index is 5.77. The standard InChI is InChI=1S/C14H21NO2/c1-11(2)9-12-3-5-13(6-4-12)14(10-15)16-7-8-17-14/h3-6,11H,7-10,15H2,1-2H3. The Morgan fingerprint density at radius 1 is 1.18 bits per heavy atom. The molecule has 1 aliphatic heterocycles. The highest BCUT2D eigenvalue weighted by Crippen LogP contribution is 2.30. The molecule has 1 aromatic rings. The van der Waals surface area contributed by atoms with E-state index in [9.17, 15) is 0 Å². The van der Waals surface area contributed by atoms with Gasteiger partial charge in [-0.1, -0.05) is 38.1 Å². The molecule has 94 valence electrons. The van der Waals surface area contributed by atoms with Crippen molar-refractivity contribution in [3.63, 3.8) is 0 Å². The third-order valence-corrected chi connectivity index (χ3v) is 3.06.